The summed E-state index contributed by atoms with van der Waals surface area (Å²) >= 11 is 0. The van der Waals surface area contributed by atoms with Crippen LogP contribution in [0.5, 0.6) is 5.75 Å². The van der Waals surface area contributed by atoms with E-state index in [0.29, 0.717) is 25.2 Å². The Bertz CT molecular complexity index is 1200. The van der Waals surface area contributed by atoms with Gasteiger partial charge in [-0.1, -0.05) is 48.5 Å². The van der Waals surface area contributed by atoms with Gasteiger partial charge in [-0.15, -0.1) is 0 Å². The number of nitrogens with one attached hydrogen (secondary N) is 2. The van der Waals surface area contributed by atoms with Crippen LogP contribution in [0.1, 0.15) is 24.0 Å². The maximum Gasteiger partial charge on any atom is 0.248 e. The van der Waals surface area contributed by atoms with E-state index in [0.717, 1.165) is 11.1 Å². The lowest BCUT2D eigenvalue weighted by Crippen LogP contribution is -2.55. The van der Waals surface area contributed by atoms with E-state index in [4.69, 9.17) is 5.73 Å². The molecule has 9 nitrogen and oxygen atoms in total. The maximum atomic E-state index is 13.4. The Hall–Kier alpha value is -4.24. The number of rotatable bonds is 9. The second-order valence-corrected chi connectivity index (χ2v) is 9.12. The van der Waals surface area contributed by atoms with Crippen molar-refractivity contribution < 1.29 is 19.5 Å². The summed E-state index contributed by atoms with van der Waals surface area (Å²) < 4.78 is 0. The van der Waals surface area contributed by atoms with E-state index in [2.05, 4.69) is 15.6 Å². The highest BCUT2D eigenvalue weighted by Gasteiger charge is 2.37. The van der Waals surface area contributed by atoms with Crippen LogP contribution in [0.15, 0.2) is 79.0 Å². The smallest absolute Gasteiger partial charge is 0.248 e. The summed E-state index contributed by atoms with van der Waals surface area (Å²) in [6.07, 6.45) is 3.30. The number of likely N-dealkylation sites (tertiary alicyclic amines) is 1. The van der Waals surface area contributed by atoms with E-state index in [1.54, 1.807) is 48.7 Å². The molecule has 1 saturated heterocycles. The predicted octanol–water partition coefficient (Wildman–Crippen LogP) is 2.01. The minimum Gasteiger partial charge on any atom is -0.508 e. The van der Waals surface area contributed by atoms with E-state index in [9.17, 15) is 19.5 Å². The van der Waals surface area contributed by atoms with Crippen LogP contribution in [0.3, 0.4) is 0 Å². The molecule has 0 radical (unpaired) electrons. The zero-order valence-electron chi connectivity index (χ0n) is 20.4. The summed E-state index contributed by atoms with van der Waals surface area (Å²) in [7, 11) is 0. The number of carbonyl (C=O) groups excluding carboxylic acids is 3. The molecule has 3 amide bonds. The third-order valence-electron chi connectivity index (χ3n) is 6.38. The maximum absolute atomic E-state index is 13.4. The molecule has 9 heteroatoms. The molecule has 1 aliphatic rings. The number of pyridine rings is 1. The standard InChI is InChI=1S/C28H31N5O4/c29-22(17-20-11-13-21(34)14-12-20)28(37)33-16-6-9-24(33)27(36)31-23(18-19-7-2-1-3-8-19)26(35)32-25-10-4-5-15-30-25/h1-5,7-8,10-15,22-24,34H,6,9,16-18,29H2,(H,31,36)(H,30,32,35)/t22-,23-,24-/m0/s1. The van der Waals surface area contributed by atoms with Gasteiger partial charge in [0.25, 0.3) is 0 Å². The lowest BCUT2D eigenvalue weighted by molar-refractivity contribution is -0.140. The number of nitrogens with zero attached hydrogens (tertiary/aromatic N) is 2. The molecule has 2 heterocycles. The van der Waals surface area contributed by atoms with Gasteiger partial charge >= 0.3 is 0 Å². The average molecular weight is 502 g/mol. The lowest BCUT2D eigenvalue weighted by Gasteiger charge is -2.28. The Morgan fingerprint density at radius 1 is 0.973 bits per heavy atom. The zero-order valence-corrected chi connectivity index (χ0v) is 20.4. The molecule has 0 unspecified atom stereocenters. The first-order valence-electron chi connectivity index (χ1n) is 12.3. The first-order chi connectivity index (χ1) is 17.9. The number of aromatic nitrogens is 1. The second-order valence-electron chi connectivity index (χ2n) is 9.12. The Labute approximate surface area is 215 Å². The van der Waals surface area contributed by atoms with Crippen LogP contribution in [0.2, 0.25) is 0 Å². The fourth-order valence-corrected chi connectivity index (χ4v) is 4.47. The van der Waals surface area contributed by atoms with Crippen LogP contribution in [-0.2, 0) is 27.2 Å². The highest BCUT2D eigenvalue weighted by Crippen LogP contribution is 2.20. The van der Waals surface area contributed by atoms with Gasteiger partial charge in [0.1, 0.15) is 23.7 Å². The van der Waals surface area contributed by atoms with Crippen LogP contribution in [0.4, 0.5) is 5.82 Å². The van der Waals surface area contributed by atoms with E-state index in [-0.39, 0.29) is 30.4 Å². The second kappa shape index (κ2) is 12.1. The summed E-state index contributed by atoms with van der Waals surface area (Å²) in [4.78, 5) is 45.3. The summed E-state index contributed by atoms with van der Waals surface area (Å²) in [5, 5.41) is 15.1. The number of aromatic hydroxyl groups is 1. The molecule has 3 atom stereocenters. The van der Waals surface area contributed by atoms with Crippen LogP contribution < -0.4 is 16.4 Å². The van der Waals surface area contributed by atoms with Crippen molar-refractivity contribution in [2.24, 2.45) is 5.73 Å². The number of anilines is 1. The Morgan fingerprint density at radius 2 is 1.68 bits per heavy atom. The first-order valence-corrected chi connectivity index (χ1v) is 12.3. The molecule has 1 aliphatic heterocycles. The third-order valence-corrected chi connectivity index (χ3v) is 6.38. The van der Waals surface area contributed by atoms with Crippen molar-refractivity contribution in [3.8, 4) is 5.75 Å². The van der Waals surface area contributed by atoms with Gasteiger partial charge in [0.15, 0.2) is 0 Å². The largest absolute Gasteiger partial charge is 0.508 e. The summed E-state index contributed by atoms with van der Waals surface area (Å²) in [5.41, 5.74) is 7.91. The molecular weight excluding hydrogens is 470 g/mol. The zero-order chi connectivity index (χ0) is 26.2. The molecule has 0 bridgehead atoms. The van der Waals surface area contributed by atoms with Crippen molar-refractivity contribution >= 4 is 23.5 Å². The monoisotopic (exact) mass is 501 g/mol. The van der Waals surface area contributed by atoms with E-state index >= 15 is 0 Å². The molecule has 2 aromatic carbocycles. The van der Waals surface area contributed by atoms with Gasteiger partial charge in [-0.2, -0.15) is 0 Å². The van der Waals surface area contributed by atoms with Gasteiger partial charge in [-0.25, -0.2) is 4.98 Å². The van der Waals surface area contributed by atoms with Crippen molar-refractivity contribution in [1.82, 2.24) is 15.2 Å². The Balaban J connectivity index is 1.44. The van der Waals surface area contributed by atoms with Crippen molar-refractivity contribution in [3.63, 3.8) is 0 Å². The van der Waals surface area contributed by atoms with Crippen LogP contribution >= 0.6 is 0 Å². The normalized spacial score (nSPS) is 16.6. The summed E-state index contributed by atoms with van der Waals surface area (Å²) in [6, 6.07) is 18.7. The van der Waals surface area contributed by atoms with Crippen LogP contribution in [0, 0.1) is 0 Å². The minimum atomic E-state index is -0.861. The molecule has 192 valence electrons. The van der Waals surface area contributed by atoms with Crippen molar-refractivity contribution in [2.75, 3.05) is 11.9 Å². The molecule has 1 aromatic heterocycles. The number of carbonyl (C=O) groups is 3. The number of nitrogens with two attached hydrogens (primary N) is 1. The highest BCUT2D eigenvalue weighted by atomic mass is 16.3. The van der Waals surface area contributed by atoms with Crippen molar-refractivity contribution in [1.29, 1.82) is 0 Å². The molecular formula is C28H31N5O4. The molecule has 1 fully saturated rings. The Kier molecular flexibility index (Phi) is 8.48. The quantitative estimate of drug-likeness (QED) is 0.354. The molecule has 0 saturated carbocycles. The number of amides is 3. The average Bonchev–Trinajstić information content (AvgIpc) is 3.40. The number of phenols is 1. The fraction of sp³-hybridized carbons (Fsp3) is 0.286. The molecule has 0 aliphatic carbocycles. The van der Waals surface area contributed by atoms with Gasteiger partial charge < -0.3 is 26.4 Å². The predicted molar refractivity (Wildman–Crippen MR) is 139 cm³/mol. The number of phenolic OH excluding ortho intramolecular Hbond substituents is 1. The van der Waals surface area contributed by atoms with Gasteiger partial charge in [0.05, 0.1) is 6.04 Å². The van der Waals surface area contributed by atoms with Gasteiger partial charge in [0, 0.05) is 19.2 Å². The van der Waals surface area contributed by atoms with E-state index in [1.165, 1.54) is 4.90 Å². The van der Waals surface area contributed by atoms with Gasteiger partial charge in [0.2, 0.25) is 17.7 Å². The highest BCUT2D eigenvalue weighted by molar-refractivity contribution is 5.98. The van der Waals surface area contributed by atoms with Crippen molar-refractivity contribution in [3.05, 3.63) is 90.1 Å². The number of benzene rings is 2. The van der Waals surface area contributed by atoms with E-state index < -0.39 is 24.0 Å². The molecule has 0 spiro atoms. The summed E-state index contributed by atoms with van der Waals surface area (Å²) in [5.74, 6) is -0.575. The molecule has 4 rings (SSSR count). The van der Waals surface area contributed by atoms with Crippen LogP contribution in [-0.4, -0.2) is 57.4 Å². The van der Waals surface area contributed by atoms with E-state index in [1.807, 2.05) is 30.3 Å². The topological polar surface area (TPSA) is 138 Å². The molecule has 5 N–H and O–H groups in total. The Morgan fingerprint density at radius 3 is 2.38 bits per heavy atom. The molecule has 3 aromatic rings. The lowest BCUT2D eigenvalue weighted by atomic mass is 10.0. The van der Waals surface area contributed by atoms with Crippen LogP contribution in [0.25, 0.3) is 0 Å². The fourth-order valence-electron chi connectivity index (χ4n) is 4.47. The van der Waals surface area contributed by atoms with Crippen molar-refractivity contribution in [2.45, 2.75) is 43.8 Å². The SMILES string of the molecule is N[C@@H](Cc1ccc(O)cc1)C(=O)N1CCC[C@H]1C(=O)N[C@@H](Cc1ccccc1)C(=O)Nc1ccccn1. The number of hydrogen-bond acceptors (Lipinski definition) is 6. The molecule has 37 heavy (non-hydrogen) atoms. The summed E-state index contributed by atoms with van der Waals surface area (Å²) in [6.45, 7) is 0.420. The first kappa shape index (κ1) is 25.8. The minimum absolute atomic E-state index is 0.136. The number of hydrogen-bond donors (Lipinski definition) is 4. The van der Waals surface area contributed by atoms with Gasteiger partial charge in [-0.05, 0) is 54.7 Å². The third kappa shape index (κ3) is 6.92. The van der Waals surface area contributed by atoms with Gasteiger partial charge in [-0.3, -0.25) is 14.4 Å².